The summed E-state index contributed by atoms with van der Waals surface area (Å²) in [5.74, 6) is 0.326. The van der Waals surface area contributed by atoms with Gasteiger partial charge in [-0.15, -0.1) is 0 Å². The molecule has 0 spiro atoms. The summed E-state index contributed by atoms with van der Waals surface area (Å²) in [4.78, 5) is 15.0. The van der Waals surface area contributed by atoms with Crippen molar-refractivity contribution in [1.29, 1.82) is 0 Å². The Morgan fingerprint density at radius 2 is 1.92 bits per heavy atom. The zero-order valence-electron chi connectivity index (χ0n) is 14.5. The molecule has 1 aliphatic carbocycles. The second-order valence-corrected chi connectivity index (χ2v) is 9.06. The van der Waals surface area contributed by atoms with Crippen molar-refractivity contribution >= 4 is 15.7 Å². The highest BCUT2D eigenvalue weighted by molar-refractivity contribution is 7.91. The Morgan fingerprint density at radius 3 is 2.50 bits per heavy atom. The van der Waals surface area contributed by atoms with E-state index in [1.54, 1.807) is 15.8 Å². The van der Waals surface area contributed by atoms with E-state index in [0.29, 0.717) is 12.2 Å². The number of para-hydroxylation sites is 1. The highest BCUT2D eigenvalue weighted by Gasteiger charge is 2.43. The number of benzene rings is 1. The molecule has 8 heteroatoms. The van der Waals surface area contributed by atoms with Gasteiger partial charge in [-0.25, -0.2) is 13.1 Å². The molecule has 1 saturated heterocycles. The molecule has 0 radical (unpaired) electrons. The Balaban J connectivity index is 1.67. The normalized spacial score (nSPS) is 21.5. The predicted octanol–water partition coefficient (Wildman–Crippen LogP) is 1.67. The van der Waals surface area contributed by atoms with Gasteiger partial charge in [-0.05, 0) is 31.4 Å². The zero-order chi connectivity index (χ0) is 18.3. The maximum atomic E-state index is 13.2. The lowest BCUT2D eigenvalue weighted by Gasteiger charge is -2.27. The van der Waals surface area contributed by atoms with Gasteiger partial charge in [0.15, 0.2) is 21.3 Å². The van der Waals surface area contributed by atoms with Gasteiger partial charge in [-0.2, -0.15) is 5.10 Å². The number of ether oxygens (including phenoxy) is 1. The van der Waals surface area contributed by atoms with Crippen LogP contribution in [0.3, 0.4) is 0 Å². The highest BCUT2D eigenvalue weighted by atomic mass is 32.2. The summed E-state index contributed by atoms with van der Waals surface area (Å²) in [6.45, 7) is 0. The van der Waals surface area contributed by atoms with Crippen LogP contribution >= 0.6 is 0 Å². The van der Waals surface area contributed by atoms with Crippen molar-refractivity contribution in [2.24, 2.45) is 0 Å². The molecule has 4 rings (SSSR count). The van der Waals surface area contributed by atoms with Crippen LogP contribution in [-0.2, 0) is 9.84 Å². The van der Waals surface area contributed by atoms with Crippen LogP contribution in [0.5, 0.6) is 5.75 Å². The number of methoxy groups -OCH3 is 1. The third-order valence-corrected chi connectivity index (χ3v) is 6.65. The Bertz CT molecular complexity index is 919. The summed E-state index contributed by atoms with van der Waals surface area (Å²) in [6.07, 6.45) is 3.99. The molecule has 138 valence electrons. The quantitative estimate of drug-likeness (QED) is 0.794. The largest absolute Gasteiger partial charge is 0.493 e. The van der Waals surface area contributed by atoms with Crippen molar-refractivity contribution in [1.82, 2.24) is 14.7 Å². The summed E-state index contributed by atoms with van der Waals surface area (Å²) in [5, 5.41) is 4.44. The standard InChI is InChI=1S/C18H21N3O4S/c1-25-16-11-20(13-5-3-2-4-6-13)19-17(16)18(22)21(14-7-8-14)15-9-10-26(23,24)12-15/h2-6,11,14-15H,7-10,12H2,1H3. The number of carbonyl (C=O) groups excluding carboxylic acids is 1. The minimum atomic E-state index is -3.07. The number of aromatic nitrogens is 2. The van der Waals surface area contributed by atoms with Gasteiger partial charge in [-0.3, -0.25) is 4.79 Å². The predicted molar refractivity (Wildman–Crippen MR) is 96.4 cm³/mol. The molecule has 2 heterocycles. The number of nitrogens with zero attached hydrogens (tertiary/aromatic N) is 3. The summed E-state index contributed by atoms with van der Waals surface area (Å²) in [7, 11) is -1.56. The monoisotopic (exact) mass is 375 g/mol. The molecule has 0 N–H and O–H groups in total. The summed E-state index contributed by atoms with van der Waals surface area (Å²) in [5.41, 5.74) is 1.05. The van der Waals surface area contributed by atoms with Crippen LogP contribution in [-0.4, -0.2) is 59.7 Å². The number of hydrogen-bond acceptors (Lipinski definition) is 5. The number of hydrogen-bond donors (Lipinski definition) is 0. The van der Waals surface area contributed by atoms with Crippen molar-refractivity contribution in [2.75, 3.05) is 18.6 Å². The van der Waals surface area contributed by atoms with Crippen LogP contribution in [0.25, 0.3) is 5.69 Å². The van der Waals surface area contributed by atoms with Crippen LogP contribution in [0.1, 0.15) is 29.8 Å². The molecule has 2 aliphatic rings. The lowest BCUT2D eigenvalue weighted by molar-refractivity contribution is 0.0671. The molecule has 1 amide bonds. The van der Waals surface area contributed by atoms with Crippen LogP contribution < -0.4 is 4.74 Å². The lowest BCUT2D eigenvalue weighted by Crippen LogP contribution is -2.43. The first-order valence-electron chi connectivity index (χ1n) is 8.70. The van der Waals surface area contributed by atoms with E-state index < -0.39 is 9.84 Å². The minimum Gasteiger partial charge on any atom is -0.493 e. The Kier molecular flexibility index (Phi) is 4.22. The smallest absolute Gasteiger partial charge is 0.278 e. The molecule has 2 fully saturated rings. The highest BCUT2D eigenvalue weighted by Crippen LogP contribution is 2.34. The molecule has 1 saturated carbocycles. The van der Waals surface area contributed by atoms with Gasteiger partial charge in [0, 0.05) is 12.1 Å². The SMILES string of the molecule is COc1cn(-c2ccccc2)nc1C(=O)N(C1CC1)C1CCS(=O)(=O)C1. The van der Waals surface area contributed by atoms with E-state index in [1.165, 1.54) is 7.11 Å². The van der Waals surface area contributed by atoms with E-state index in [0.717, 1.165) is 18.5 Å². The molecule has 7 nitrogen and oxygen atoms in total. The Hall–Kier alpha value is -2.35. The van der Waals surface area contributed by atoms with E-state index >= 15 is 0 Å². The fourth-order valence-electron chi connectivity index (χ4n) is 3.47. The van der Waals surface area contributed by atoms with Crippen molar-refractivity contribution in [3.05, 3.63) is 42.2 Å². The Morgan fingerprint density at radius 1 is 1.19 bits per heavy atom. The van der Waals surface area contributed by atoms with Gasteiger partial charge in [0.05, 0.1) is 30.5 Å². The summed E-state index contributed by atoms with van der Waals surface area (Å²) < 4.78 is 30.7. The molecular formula is C18H21N3O4S. The van der Waals surface area contributed by atoms with Crippen molar-refractivity contribution in [3.8, 4) is 11.4 Å². The minimum absolute atomic E-state index is 0.0386. The number of sulfone groups is 1. The topological polar surface area (TPSA) is 81.5 Å². The molecule has 1 aromatic carbocycles. The molecule has 1 atom stereocenters. The number of amides is 1. The fourth-order valence-corrected chi connectivity index (χ4v) is 5.18. The fraction of sp³-hybridized carbons (Fsp3) is 0.444. The maximum absolute atomic E-state index is 13.2. The van der Waals surface area contributed by atoms with E-state index in [4.69, 9.17) is 4.74 Å². The van der Waals surface area contributed by atoms with Gasteiger partial charge in [0.2, 0.25) is 0 Å². The van der Waals surface area contributed by atoms with E-state index in [-0.39, 0.29) is 35.2 Å². The molecule has 1 unspecified atom stereocenters. The second-order valence-electron chi connectivity index (χ2n) is 6.83. The third-order valence-electron chi connectivity index (χ3n) is 4.90. The van der Waals surface area contributed by atoms with Gasteiger partial charge in [0.25, 0.3) is 5.91 Å². The first-order valence-corrected chi connectivity index (χ1v) is 10.5. The molecule has 1 aliphatic heterocycles. The second kappa shape index (κ2) is 6.42. The van der Waals surface area contributed by atoms with Crippen molar-refractivity contribution in [2.45, 2.75) is 31.3 Å². The number of rotatable bonds is 5. The third kappa shape index (κ3) is 3.21. The average molecular weight is 375 g/mol. The van der Waals surface area contributed by atoms with Gasteiger partial charge in [-0.1, -0.05) is 18.2 Å². The summed E-state index contributed by atoms with van der Waals surface area (Å²) in [6, 6.07) is 9.31. The lowest BCUT2D eigenvalue weighted by atomic mass is 10.2. The molecule has 2 aromatic rings. The van der Waals surface area contributed by atoms with Crippen LogP contribution in [0.2, 0.25) is 0 Å². The molecule has 26 heavy (non-hydrogen) atoms. The van der Waals surface area contributed by atoms with Gasteiger partial charge < -0.3 is 9.64 Å². The van der Waals surface area contributed by atoms with Crippen molar-refractivity contribution in [3.63, 3.8) is 0 Å². The Labute approximate surface area is 152 Å². The van der Waals surface area contributed by atoms with Crippen LogP contribution in [0.15, 0.2) is 36.5 Å². The van der Waals surface area contributed by atoms with E-state index in [1.807, 2.05) is 30.3 Å². The van der Waals surface area contributed by atoms with E-state index in [2.05, 4.69) is 5.10 Å². The summed E-state index contributed by atoms with van der Waals surface area (Å²) >= 11 is 0. The van der Waals surface area contributed by atoms with Crippen molar-refractivity contribution < 1.29 is 17.9 Å². The van der Waals surface area contributed by atoms with Crippen LogP contribution in [0, 0.1) is 0 Å². The molecule has 1 aromatic heterocycles. The number of carbonyl (C=O) groups is 1. The van der Waals surface area contributed by atoms with Crippen LogP contribution in [0.4, 0.5) is 0 Å². The van der Waals surface area contributed by atoms with Gasteiger partial charge >= 0.3 is 0 Å². The maximum Gasteiger partial charge on any atom is 0.278 e. The average Bonchev–Trinajstić information content (AvgIpc) is 3.26. The first-order chi connectivity index (χ1) is 12.5. The first kappa shape index (κ1) is 17.1. The van der Waals surface area contributed by atoms with Gasteiger partial charge in [0.1, 0.15) is 0 Å². The molecular weight excluding hydrogens is 354 g/mol. The molecule has 0 bridgehead atoms. The van der Waals surface area contributed by atoms with E-state index in [9.17, 15) is 13.2 Å². The zero-order valence-corrected chi connectivity index (χ0v) is 15.4.